The summed E-state index contributed by atoms with van der Waals surface area (Å²) in [4.78, 5) is 41.7. The van der Waals surface area contributed by atoms with Crippen molar-refractivity contribution in [1.29, 1.82) is 0 Å². The minimum atomic E-state index is -0.559. The van der Waals surface area contributed by atoms with Gasteiger partial charge in [0.1, 0.15) is 17.2 Å². The number of nitrogens with one attached hydrogen (secondary N) is 2. The van der Waals surface area contributed by atoms with Crippen LogP contribution in [0, 0.1) is 0 Å². The quantitative estimate of drug-likeness (QED) is 0.339. The van der Waals surface area contributed by atoms with E-state index in [1.807, 2.05) is 30.3 Å². The molecule has 180 valence electrons. The van der Waals surface area contributed by atoms with Crippen LogP contribution in [-0.4, -0.2) is 46.7 Å². The second kappa shape index (κ2) is 9.76. The molecule has 0 aliphatic carbocycles. The van der Waals surface area contributed by atoms with E-state index in [9.17, 15) is 19.5 Å². The highest BCUT2D eigenvalue weighted by Gasteiger charge is 2.40. The Labute approximate surface area is 202 Å². The first-order chi connectivity index (χ1) is 16.8. The third-order valence-electron chi connectivity index (χ3n) is 5.61. The molecule has 3 N–H and O–H groups in total. The summed E-state index contributed by atoms with van der Waals surface area (Å²) in [6.07, 6.45) is 1.52. The Morgan fingerprint density at radius 3 is 2.37 bits per heavy atom. The molecule has 0 bridgehead atoms. The molecule has 9 nitrogen and oxygen atoms in total. The van der Waals surface area contributed by atoms with Crippen molar-refractivity contribution in [3.8, 4) is 5.75 Å². The van der Waals surface area contributed by atoms with Gasteiger partial charge in [-0.3, -0.25) is 19.3 Å². The molecular formula is C26H26N4O5. The number of benzene rings is 2. The van der Waals surface area contributed by atoms with Gasteiger partial charge in [-0.2, -0.15) is 0 Å². The number of nitrogens with zero attached hydrogens (tertiary/aromatic N) is 2. The van der Waals surface area contributed by atoms with Crippen molar-refractivity contribution < 1.29 is 23.9 Å². The first-order valence-electron chi connectivity index (χ1n) is 11.0. The molecule has 2 heterocycles. The maximum absolute atomic E-state index is 13.4. The topological polar surface area (TPSA) is 115 Å². The van der Waals surface area contributed by atoms with Crippen molar-refractivity contribution in [2.45, 2.75) is 19.5 Å². The number of imide groups is 1. The summed E-state index contributed by atoms with van der Waals surface area (Å²) in [7, 11) is 3.14. The lowest BCUT2D eigenvalue weighted by atomic mass is 10.1. The molecule has 35 heavy (non-hydrogen) atoms. The van der Waals surface area contributed by atoms with Gasteiger partial charge in [0.05, 0.1) is 30.1 Å². The standard InChI is InChI=1S/C26H26N4O5/c1-16(20-13-8-14-35-20)27-21-22(26(34)30(25(21)33)15-17-9-5-4-6-10-17)28-19-12-7-11-18(23(19)31)24(32)29(2)3/h4-14,16,27-28,31H,15H2,1-3H3. The third kappa shape index (κ3) is 4.74. The number of phenols is 1. The van der Waals surface area contributed by atoms with Crippen LogP contribution in [0.3, 0.4) is 0 Å². The van der Waals surface area contributed by atoms with Gasteiger partial charge in [-0.25, -0.2) is 0 Å². The Balaban J connectivity index is 1.70. The number of rotatable bonds is 8. The predicted octanol–water partition coefficient (Wildman–Crippen LogP) is 3.23. The smallest absolute Gasteiger partial charge is 0.279 e. The van der Waals surface area contributed by atoms with Crippen molar-refractivity contribution >= 4 is 23.4 Å². The number of amides is 3. The van der Waals surface area contributed by atoms with Gasteiger partial charge in [0.25, 0.3) is 17.7 Å². The Hall–Kier alpha value is -4.53. The number of hydrogen-bond donors (Lipinski definition) is 3. The fraction of sp³-hybridized carbons (Fsp3) is 0.192. The molecule has 4 rings (SSSR count). The van der Waals surface area contributed by atoms with Gasteiger partial charge >= 0.3 is 0 Å². The van der Waals surface area contributed by atoms with E-state index in [0.717, 1.165) is 10.5 Å². The van der Waals surface area contributed by atoms with Crippen molar-refractivity contribution in [1.82, 2.24) is 15.1 Å². The summed E-state index contributed by atoms with van der Waals surface area (Å²) in [6, 6.07) is 16.8. The lowest BCUT2D eigenvalue weighted by Crippen LogP contribution is -2.33. The monoisotopic (exact) mass is 474 g/mol. The molecule has 9 heteroatoms. The molecule has 2 aromatic carbocycles. The molecule has 0 saturated heterocycles. The largest absolute Gasteiger partial charge is 0.505 e. The molecule has 0 radical (unpaired) electrons. The molecule has 1 aliphatic heterocycles. The normalized spacial score (nSPS) is 14.3. The van der Waals surface area contributed by atoms with E-state index in [1.165, 1.54) is 23.3 Å². The van der Waals surface area contributed by atoms with Gasteiger partial charge < -0.3 is 25.1 Å². The minimum absolute atomic E-state index is 0.0333. The Kier molecular flexibility index (Phi) is 6.59. The molecular weight excluding hydrogens is 448 g/mol. The Bertz CT molecular complexity index is 1280. The molecule has 1 unspecified atom stereocenters. The van der Waals surface area contributed by atoms with Gasteiger partial charge in [-0.15, -0.1) is 0 Å². The maximum atomic E-state index is 13.4. The van der Waals surface area contributed by atoms with Crippen LogP contribution in [0.4, 0.5) is 5.69 Å². The summed E-state index contributed by atoms with van der Waals surface area (Å²) in [5.74, 6) is -1.21. The van der Waals surface area contributed by atoms with Gasteiger partial charge in [-0.1, -0.05) is 36.4 Å². The first kappa shape index (κ1) is 23.6. The van der Waals surface area contributed by atoms with Gasteiger partial charge in [0, 0.05) is 14.1 Å². The zero-order valence-electron chi connectivity index (χ0n) is 19.6. The number of para-hydroxylation sites is 1. The number of carbonyl (C=O) groups excluding carboxylic acids is 3. The van der Waals surface area contributed by atoms with E-state index >= 15 is 0 Å². The van der Waals surface area contributed by atoms with Crippen LogP contribution in [0.25, 0.3) is 0 Å². The molecule has 1 aromatic heterocycles. The lowest BCUT2D eigenvalue weighted by Gasteiger charge is -2.16. The second-order valence-corrected chi connectivity index (χ2v) is 8.34. The van der Waals surface area contributed by atoms with Crippen LogP contribution < -0.4 is 10.6 Å². The number of hydrogen-bond acceptors (Lipinski definition) is 7. The number of phenolic OH excluding ortho intramolecular Hbond substituents is 1. The lowest BCUT2D eigenvalue weighted by molar-refractivity contribution is -0.138. The average Bonchev–Trinajstić information content (AvgIpc) is 3.46. The zero-order valence-corrected chi connectivity index (χ0v) is 19.6. The van der Waals surface area contributed by atoms with Crippen molar-refractivity contribution in [3.63, 3.8) is 0 Å². The summed E-state index contributed by atoms with van der Waals surface area (Å²) in [5.41, 5.74) is 0.986. The summed E-state index contributed by atoms with van der Waals surface area (Å²) in [6.45, 7) is 1.88. The Morgan fingerprint density at radius 1 is 1.00 bits per heavy atom. The summed E-state index contributed by atoms with van der Waals surface area (Å²) < 4.78 is 5.43. The fourth-order valence-electron chi connectivity index (χ4n) is 3.75. The van der Waals surface area contributed by atoms with Crippen LogP contribution in [0.1, 0.15) is 34.6 Å². The van der Waals surface area contributed by atoms with E-state index in [1.54, 1.807) is 39.2 Å². The maximum Gasteiger partial charge on any atom is 0.279 e. The molecule has 3 amide bonds. The number of anilines is 1. The van der Waals surface area contributed by atoms with Crippen LogP contribution in [0.15, 0.2) is 82.7 Å². The SMILES string of the molecule is CC(NC1=C(Nc2cccc(C(=O)N(C)C)c2O)C(=O)N(Cc2ccccc2)C1=O)c1ccco1. The van der Waals surface area contributed by atoms with E-state index < -0.39 is 23.8 Å². The van der Waals surface area contributed by atoms with Crippen molar-refractivity contribution in [2.75, 3.05) is 19.4 Å². The number of furan rings is 1. The van der Waals surface area contributed by atoms with Gasteiger partial charge in [0.15, 0.2) is 5.75 Å². The van der Waals surface area contributed by atoms with Crippen LogP contribution in [-0.2, 0) is 16.1 Å². The van der Waals surface area contributed by atoms with E-state index in [-0.39, 0.29) is 34.9 Å². The van der Waals surface area contributed by atoms with Crippen LogP contribution in [0.5, 0.6) is 5.75 Å². The first-order valence-corrected chi connectivity index (χ1v) is 11.0. The Morgan fingerprint density at radius 2 is 1.71 bits per heavy atom. The molecule has 0 fully saturated rings. The molecule has 0 spiro atoms. The molecule has 3 aromatic rings. The highest BCUT2D eigenvalue weighted by atomic mass is 16.3. The molecule has 1 atom stereocenters. The van der Waals surface area contributed by atoms with Crippen molar-refractivity contribution in [2.24, 2.45) is 0 Å². The van der Waals surface area contributed by atoms with Crippen LogP contribution in [0.2, 0.25) is 0 Å². The number of carbonyl (C=O) groups is 3. The summed E-state index contributed by atoms with van der Waals surface area (Å²) >= 11 is 0. The molecule has 0 saturated carbocycles. The zero-order chi connectivity index (χ0) is 25.1. The predicted molar refractivity (Wildman–Crippen MR) is 129 cm³/mol. The fourth-order valence-corrected chi connectivity index (χ4v) is 3.75. The molecule has 1 aliphatic rings. The van der Waals surface area contributed by atoms with Crippen molar-refractivity contribution in [3.05, 3.63) is 95.2 Å². The third-order valence-corrected chi connectivity index (χ3v) is 5.61. The number of aromatic hydroxyl groups is 1. The average molecular weight is 475 g/mol. The van der Waals surface area contributed by atoms with E-state index in [2.05, 4.69) is 10.6 Å². The van der Waals surface area contributed by atoms with Gasteiger partial charge in [-0.05, 0) is 36.8 Å². The van der Waals surface area contributed by atoms with E-state index in [0.29, 0.717) is 5.76 Å². The minimum Gasteiger partial charge on any atom is -0.505 e. The summed E-state index contributed by atoms with van der Waals surface area (Å²) in [5, 5.41) is 16.7. The highest BCUT2D eigenvalue weighted by molar-refractivity contribution is 6.20. The highest BCUT2D eigenvalue weighted by Crippen LogP contribution is 2.32. The van der Waals surface area contributed by atoms with Gasteiger partial charge in [0.2, 0.25) is 0 Å². The van der Waals surface area contributed by atoms with E-state index in [4.69, 9.17) is 4.42 Å². The van der Waals surface area contributed by atoms with Crippen LogP contribution >= 0.6 is 0 Å². The second-order valence-electron chi connectivity index (χ2n) is 8.34.